The van der Waals surface area contributed by atoms with Gasteiger partial charge in [-0.25, -0.2) is 4.79 Å². The van der Waals surface area contributed by atoms with Crippen molar-refractivity contribution in [3.8, 4) is 0 Å². The molecule has 3 N–H and O–H groups in total. The summed E-state index contributed by atoms with van der Waals surface area (Å²) in [4.78, 5) is 35.3. The molecule has 0 bridgehead atoms. The molecule has 124 valence electrons. The van der Waals surface area contributed by atoms with Crippen LogP contribution in [0.15, 0.2) is 29.2 Å². The molecular weight excluding hydrogens is 314 g/mol. The lowest BCUT2D eigenvalue weighted by Crippen LogP contribution is -2.44. The second kappa shape index (κ2) is 8.57. The normalized spacial score (nSPS) is 14.3. The molecule has 7 heteroatoms. The highest BCUT2D eigenvalue weighted by atomic mass is 32.2. The van der Waals surface area contributed by atoms with Gasteiger partial charge in [0, 0.05) is 23.5 Å². The van der Waals surface area contributed by atoms with Crippen LogP contribution in [-0.2, 0) is 9.59 Å². The number of anilines is 1. The molecule has 1 fully saturated rings. The van der Waals surface area contributed by atoms with Crippen molar-refractivity contribution in [3.05, 3.63) is 24.3 Å². The van der Waals surface area contributed by atoms with E-state index in [-0.39, 0.29) is 23.6 Å². The molecule has 0 atom stereocenters. The van der Waals surface area contributed by atoms with Gasteiger partial charge in [0.2, 0.25) is 11.8 Å². The van der Waals surface area contributed by atoms with Crippen molar-refractivity contribution in [2.45, 2.75) is 43.5 Å². The van der Waals surface area contributed by atoms with E-state index < -0.39 is 6.03 Å². The van der Waals surface area contributed by atoms with Crippen molar-refractivity contribution < 1.29 is 14.4 Å². The Morgan fingerprint density at radius 3 is 2.39 bits per heavy atom. The third kappa shape index (κ3) is 6.32. The summed E-state index contributed by atoms with van der Waals surface area (Å²) in [5, 5.41) is 7.84. The highest BCUT2D eigenvalue weighted by Crippen LogP contribution is 2.20. The molecule has 4 amide bonds. The van der Waals surface area contributed by atoms with Gasteiger partial charge in [0.05, 0.1) is 5.75 Å². The summed E-state index contributed by atoms with van der Waals surface area (Å²) >= 11 is 1.34. The number of nitrogens with one attached hydrogen (secondary N) is 3. The smallest absolute Gasteiger partial charge is 0.321 e. The Balaban J connectivity index is 1.70. The number of hydrogen-bond acceptors (Lipinski definition) is 4. The summed E-state index contributed by atoms with van der Waals surface area (Å²) in [7, 11) is 0. The van der Waals surface area contributed by atoms with Crippen molar-refractivity contribution in [1.82, 2.24) is 10.6 Å². The van der Waals surface area contributed by atoms with Gasteiger partial charge in [-0.1, -0.05) is 12.8 Å². The topological polar surface area (TPSA) is 87.3 Å². The first-order valence-corrected chi connectivity index (χ1v) is 8.62. The Morgan fingerprint density at radius 2 is 1.78 bits per heavy atom. The Labute approximate surface area is 139 Å². The first kappa shape index (κ1) is 17.3. The summed E-state index contributed by atoms with van der Waals surface area (Å²) in [5.41, 5.74) is 0.710. The maximum absolute atomic E-state index is 11.8. The minimum Gasteiger partial charge on any atom is -0.335 e. The first-order valence-electron chi connectivity index (χ1n) is 7.64. The van der Waals surface area contributed by atoms with Crippen LogP contribution in [0, 0.1) is 0 Å². The molecule has 2 rings (SSSR count). The monoisotopic (exact) mass is 335 g/mol. The highest BCUT2D eigenvalue weighted by molar-refractivity contribution is 8.00. The molecule has 0 spiro atoms. The average molecular weight is 335 g/mol. The Bertz CT molecular complexity index is 568. The zero-order chi connectivity index (χ0) is 16.7. The molecule has 23 heavy (non-hydrogen) atoms. The number of rotatable bonds is 5. The van der Waals surface area contributed by atoms with E-state index in [9.17, 15) is 14.4 Å². The lowest BCUT2D eigenvalue weighted by atomic mass is 10.2. The van der Waals surface area contributed by atoms with Gasteiger partial charge in [-0.2, -0.15) is 0 Å². The summed E-state index contributed by atoms with van der Waals surface area (Å²) < 4.78 is 0. The van der Waals surface area contributed by atoms with E-state index in [2.05, 4.69) is 16.0 Å². The zero-order valence-electron chi connectivity index (χ0n) is 13.1. The molecule has 6 nitrogen and oxygen atoms in total. The van der Waals surface area contributed by atoms with Gasteiger partial charge in [-0.3, -0.25) is 14.9 Å². The molecule has 1 aromatic rings. The molecule has 0 heterocycles. The molecule has 0 aliphatic heterocycles. The number of carbonyl (C=O) groups excluding carboxylic acids is 3. The summed E-state index contributed by atoms with van der Waals surface area (Å²) in [5.74, 6) is -0.285. The molecule has 1 aliphatic carbocycles. The van der Waals surface area contributed by atoms with Crippen LogP contribution in [-0.4, -0.2) is 29.6 Å². The maximum Gasteiger partial charge on any atom is 0.321 e. The van der Waals surface area contributed by atoms with Crippen LogP contribution in [0.2, 0.25) is 0 Å². The molecule has 0 unspecified atom stereocenters. The fourth-order valence-electron chi connectivity index (χ4n) is 2.44. The van der Waals surface area contributed by atoms with Gasteiger partial charge in [-0.15, -0.1) is 11.8 Å². The second-order valence-corrected chi connectivity index (χ2v) is 6.55. The average Bonchev–Trinajstić information content (AvgIpc) is 2.98. The van der Waals surface area contributed by atoms with Crippen LogP contribution in [0.25, 0.3) is 0 Å². The van der Waals surface area contributed by atoms with E-state index in [0.717, 1.165) is 30.6 Å². The standard InChI is InChI=1S/C16H21N3O3S/c1-11(20)17-13-6-8-14(9-7-13)23-10-15(21)19-16(22)18-12-4-2-3-5-12/h6-9,12H,2-5,10H2,1H3,(H,17,20)(H2,18,19,21,22). The van der Waals surface area contributed by atoms with Crippen molar-refractivity contribution in [3.63, 3.8) is 0 Å². The maximum atomic E-state index is 11.8. The van der Waals surface area contributed by atoms with Gasteiger partial charge in [0.15, 0.2) is 0 Å². The summed E-state index contributed by atoms with van der Waals surface area (Å²) in [6.07, 6.45) is 4.22. The number of hydrogen-bond donors (Lipinski definition) is 3. The lowest BCUT2D eigenvalue weighted by molar-refractivity contribution is -0.117. The van der Waals surface area contributed by atoms with Gasteiger partial charge < -0.3 is 10.6 Å². The van der Waals surface area contributed by atoms with Crippen molar-refractivity contribution in [1.29, 1.82) is 0 Å². The predicted molar refractivity (Wildman–Crippen MR) is 90.4 cm³/mol. The molecule has 0 radical (unpaired) electrons. The van der Waals surface area contributed by atoms with Gasteiger partial charge in [0.25, 0.3) is 0 Å². The molecule has 0 aromatic heterocycles. The number of imide groups is 1. The fourth-order valence-corrected chi connectivity index (χ4v) is 3.14. The lowest BCUT2D eigenvalue weighted by Gasteiger charge is -2.12. The van der Waals surface area contributed by atoms with Crippen LogP contribution < -0.4 is 16.0 Å². The molecule has 1 aliphatic rings. The first-order chi connectivity index (χ1) is 11.0. The van der Waals surface area contributed by atoms with E-state index in [1.165, 1.54) is 18.7 Å². The van der Waals surface area contributed by atoms with Crippen LogP contribution >= 0.6 is 11.8 Å². The zero-order valence-corrected chi connectivity index (χ0v) is 13.9. The van der Waals surface area contributed by atoms with Crippen LogP contribution in [0.5, 0.6) is 0 Å². The van der Waals surface area contributed by atoms with E-state index in [0.29, 0.717) is 5.69 Å². The van der Waals surface area contributed by atoms with E-state index in [4.69, 9.17) is 0 Å². The summed E-state index contributed by atoms with van der Waals surface area (Å²) in [6.45, 7) is 1.45. The van der Waals surface area contributed by atoms with Crippen molar-refractivity contribution >= 4 is 35.3 Å². The number of carbonyl (C=O) groups is 3. The van der Waals surface area contributed by atoms with E-state index >= 15 is 0 Å². The van der Waals surface area contributed by atoms with Crippen molar-refractivity contribution in [2.75, 3.05) is 11.1 Å². The van der Waals surface area contributed by atoms with E-state index in [1.807, 2.05) is 12.1 Å². The molecule has 0 saturated heterocycles. The minimum absolute atomic E-state index is 0.127. The molecule has 1 aromatic carbocycles. The second-order valence-electron chi connectivity index (χ2n) is 5.50. The largest absolute Gasteiger partial charge is 0.335 e. The van der Waals surface area contributed by atoms with Gasteiger partial charge >= 0.3 is 6.03 Å². The van der Waals surface area contributed by atoms with Gasteiger partial charge in [-0.05, 0) is 37.1 Å². The molecule has 1 saturated carbocycles. The number of thioether (sulfide) groups is 1. The SMILES string of the molecule is CC(=O)Nc1ccc(SCC(=O)NC(=O)NC2CCCC2)cc1. The predicted octanol–water partition coefficient (Wildman–Crippen LogP) is 2.51. The van der Waals surface area contributed by atoms with E-state index in [1.54, 1.807) is 12.1 Å². The van der Waals surface area contributed by atoms with Gasteiger partial charge in [0.1, 0.15) is 0 Å². The number of amides is 4. The van der Waals surface area contributed by atoms with Crippen molar-refractivity contribution in [2.24, 2.45) is 0 Å². The summed E-state index contributed by atoms with van der Waals surface area (Å²) in [6, 6.07) is 6.97. The third-order valence-corrected chi connectivity index (χ3v) is 4.50. The number of urea groups is 1. The highest BCUT2D eigenvalue weighted by Gasteiger charge is 2.18. The van der Waals surface area contributed by atoms with Crippen LogP contribution in [0.3, 0.4) is 0 Å². The fraction of sp³-hybridized carbons (Fsp3) is 0.438. The van der Waals surface area contributed by atoms with Crippen LogP contribution in [0.4, 0.5) is 10.5 Å². The van der Waals surface area contributed by atoms with Crippen LogP contribution in [0.1, 0.15) is 32.6 Å². The Hall–Kier alpha value is -2.02. The third-order valence-electron chi connectivity index (χ3n) is 3.49. The Kier molecular flexibility index (Phi) is 6.46. The minimum atomic E-state index is -0.413. The Morgan fingerprint density at radius 1 is 1.13 bits per heavy atom. The molecular formula is C16H21N3O3S. The quantitative estimate of drug-likeness (QED) is 0.722. The number of benzene rings is 1.